The van der Waals surface area contributed by atoms with E-state index in [9.17, 15) is 19.7 Å². The van der Waals surface area contributed by atoms with Crippen molar-refractivity contribution in [2.45, 2.75) is 13.0 Å². The molecule has 0 aliphatic carbocycles. The fourth-order valence-corrected chi connectivity index (χ4v) is 1.67. The van der Waals surface area contributed by atoms with Crippen LogP contribution in [0.5, 0.6) is 0 Å². The molecule has 0 aromatic heterocycles. The summed E-state index contributed by atoms with van der Waals surface area (Å²) in [7, 11) is 4.66. The van der Waals surface area contributed by atoms with Gasteiger partial charge in [0.2, 0.25) is 0 Å². The summed E-state index contributed by atoms with van der Waals surface area (Å²) in [6, 6.07) is 3.80. The van der Waals surface area contributed by atoms with Gasteiger partial charge in [-0.2, -0.15) is 0 Å². The largest absolute Gasteiger partial charge is 0.449 e. The van der Waals surface area contributed by atoms with E-state index in [1.54, 1.807) is 21.1 Å². The lowest BCUT2D eigenvalue weighted by molar-refractivity contribution is -0.384. The molecule has 0 unspecified atom stereocenters. The number of nitro benzene ring substituents is 1. The van der Waals surface area contributed by atoms with Gasteiger partial charge in [-0.1, -0.05) is 0 Å². The molecule has 1 aromatic carbocycles. The van der Waals surface area contributed by atoms with Crippen LogP contribution in [0.15, 0.2) is 18.2 Å². The van der Waals surface area contributed by atoms with Gasteiger partial charge in [0.15, 0.2) is 6.10 Å². The monoisotopic (exact) mass is 295 g/mol. The second kappa shape index (κ2) is 6.69. The SMILES string of the molecule is CNc1ccc([N+](=O)[O-])cc1C(=O)O[C@H](C)C(=O)N(C)C. The maximum absolute atomic E-state index is 12.1. The van der Waals surface area contributed by atoms with E-state index < -0.39 is 17.0 Å². The molecule has 0 saturated carbocycles. The van der Waals surface area contributed by atoms with Crippen LogP contribution in [-0.2, 0) is 9.53 Å². The summed E-state index contributed by atoms with van der Waals surface area (Å²) in [5, 5.41) is 13.5. The predicted molar refractivity (Wildman–Crippen MR) is 76.2 cm³/mol. The first-order valence-electron chi connectivity index (χ1n) is 6.16. The first-order chi connectivity index (χ1) is 9.77. The summed E-state index contributed by atoms with van der Waals surface area (Å²) in [5.41, 5.74) is 0.160. The number of ether oxygens (including phenoxy) is 1. The zero-order valence-electron chi connectivity index (χ0n) is 12.2. The van der Waals surface area contributed by atoms with Crippen molar-refractivity contribution in [3.63, 3.8) is 0 Å². The van der Waals surface area contributed by atoms with E-state index in [0.29, 0.717) is 5.69 Å². The Labute approximate surface area is 121 Å². The first kappa shape index (κ1) is 16.4. The van der Waals surface area contributed by atoms with Crippen LogP contribution in [0.4, 0.5) is 11.4 Å². The Bertz CT molecular complexity index is 571. The van der Waals surface area contributed by atoms with Crippen molar-refractivity contribution in [2.24, 2.45) is 0 Å². The van der Waals surface area contributed by atoms with Gasteiger partial charge < -0.3 is 15.0 Å². The van der Waals surface area contributed by atoms with Crippen molar-refractivity contribution in [1.82, 2.24) is 4.90 Å². The quantitative estimate of drug-likeness (QED) is 0.498. The third-order valence-corrected chi connectivity index (χ3v) is 2.78. The molecule has 1 rings (SSSR count). The normalized spacial score (nSPS) is 11.4. The molecule has 8 nitrogen and oxygen atoms in total. The van der Waals surface area contributed by atoms with E-state index in [0.717, 1.165) is 6.07 Å². The van der Waals surface area contributed by atoms with Gasteiger partial charge in [0.05, 0.1) is 10.5 Å². The van der Waals surface area contributed by atoms with Crippen LogP contribution in [0.2, 0.25) is 0 Å². The molecule has 1 aromatic rings. The number of hydrogen-bond acceptors (Lipinski definition) is 6. The fraction of sp³-hybridized carbons (Fsp3) is 0.385. The minimum absolute atomic E-state index is 0.00473. The number of amides is 1. The van der Waals surface area contributed by atoms with Gasteiger partial charge in [0.25, 0.3) is 11.6 Å². The minimum Gasteiger partial charge on any atom is -0.449 e. The molecule has 0 aliphatic rings. The van der Waals surface area contributed by atoms with Gasteiger partial charge in [-0.25, -0.2) is 4.79 Å². The van der Waals surface area contributed by atoms with Gasteiger partial charge in [-0.05, 0) is 13.0 Å². The summed E-state index contributed by atoms with van der Waals surface area (Å²) < 4.78 is 5.04. The Kier molecular flexibility index (Phi) is 5.23. The van der Waals surface area contributed by atoms with Crippen LogP contribution in [0, 0.1) is 10.1 Å². The summed E-state index contributed by atoms with van der Waals surface area (Å²) in [6.45, 7) is 1.44. The Morgan fingerprint density at radius 2 is 2.00 bits per heavy atom. The van der Waals surface area contributed by atoms with Gasteiger partial charge in [-0.3, -0.25) is 14.9 Å². The van der Waals surface area contributed by atoms with E-state index in [-0.39, 0.29) is 17.2 Å². The van der Waals surface area contributed by atoms with Crippen molar-refractivity contribution in [3.05, 3.63) is 33.9 Å². The van der Waals surface area contributed by atoms with Crippen molar-refractivity contribution >= 4 is 23.3 Å². The number of esters is 1. The molecule has 114 valence electrons. The highest BCUT2D eigenvalue weighted by atomic mass is 16.6. The molecule has 1 N–H and O–H groups in total. The molecule has 0 heterocycles. The number of anilines is 1. The molecule has 0 radical (unpaired) electrons. The van der Waals surface area contributed by atoms with Crippen LogP contribution in [0.3, 0.4) is 0 Å². The lowest BCUT2D eigenvalue weighted by atomic mass is 10.1. The van der Waals surface area contributed by atoms with Crippen molar-refractivity contribution < 1.29 is 19.2 Å². The lowest BCUT2D eigenvalue weighted by Gasteiger charge is -2.18. The Balaban J connectivity index is 3.03. The molecule has 0 aliphatic heterocycles. The van der Waals surface area contributed by atoms with E-state index in [2.05, 4.69) is 5.32 Å². The molecular formula is C13H17N3O5. The topological polar surface area (TPSA) is 102 Å². The van der Waals surface area contributed by atoms with Gasteiger partial charge in [0, 0.05) is 39.0 Å². The molecule has 1 atom stereocenters. The van der Waals surface area contributed by atoms with Crippen LogP contribution >= 0.6 is 0 Å². The Morgan fingerprint density at radius 1 is 1.38 bits per heavy atom. The molecule has 1 amide bonds. The highest BCUT2D eigenvalue weighted by molar-refractivity contribution is 5.97. The highest BCUT2D eigenvalue weighted by Crippen LogP contribution is 2.23. The Morgan fingerprint density at radius 3 is 2.48 bits per heavy atom. The number of likely N-dealkylation sites (N-methyl/N-ethyl adjacent to an activating group) is 1. The summed E-state index contributed by atoms with van der Waals surface area (Å²) in [5.74, 6) is -1.18. The molecule has 0 bridgehead atoms. The van der Waals surface area contributed by atoms with E-state index >= 15 is 0 Å². The molecule has 0 spiro atoms. The number of non-ortho nitro benzene ring substituents is 1. The molecular weight excluding hydrogens is 278 g/mol. The zero-order chi connectivity index (χ0) is 16.2. The first-order valence-corrected chi connectivity index (χ1v) is 6.16. The molecule has 0 fully saturated rings. The zero-order valence-corrected chi connectivity index (χ0v) is 12.2. The number of nitro groups is 1. The van der Waals surface area contributed by atoms with E-state index in [1.807, 2.05) is 0 Å². The van der Waals surface area contributed by atoms with Crippen LogP contribution in [-0.4, -0.2) is 48.9 Å². The van der Waals surface area contributed by atoms with E-state index in [1.165, 1.54) is 24.0 Å². The number of rotatable bonds is 5. The van der Waals surface area contributed by atoms with Crippen molar-refractivity contribution in [3.8, 4) is 0 Å². The maximum atomic E-state index is 12.1. The van der Waals surface area contributed by atoms with Gasteiger partial charge in [-0.15, -0.1) is 0 Å². The molecule has 21 heavy (non-hydrogen) atoms. The number of benzene rings is 1. The number of nitrogens with zero attached hydrogens (tertiary/aromatic N) is 2. The number of hydrogen-bond donors (Lipinski definition) is 1. The molecule has 0 saturated heterocycles. The van der Waals surface area contributed by atoms with Gasteiger partial charge >= 0.3 is 5.97 Å². The van der Waals surface area contributed by atoms with Gasteiger partial charge in [0.1, 0.15) is 0 Å². The smallest absolute Gasteiger partial charge is 0.341 e. The standard InChI is InChI=1S/C13H17N3O5/c1-8(12(17)15(3)4)21-13(18)10-7-9(16(19)20)5-6-11(10)14-2/h5-8,14H,1-4H3/t8-/m1/s1. The van der Waals surface area contributed by atoms with Crippen LogP contribution < -0.4 is 5.32 Å². The summed E-state index contributed by atoms with van der Waals surface area (Å²) in [6.07, 6.45) is -0.975. The molecule has 8 heteroatoms. The summed E-state index contributed by atoms with van der Waals surface area (Å²) >= 11 is 0. The third-order valence-electron chi connectivity index (χ3n) is 2.78. The summed E-state index contributed by atoms with van der Waals surface area (Å²) in [4.78, 5) is 35.2. The lowest BCUT2D eigenvalue weighted by Crippen LogP contribution is -2.35. The van der Waals surface area contributed by atoms with E-state index in [4.69, 9.17) is 4.74 Å². The average molecular weight is 295 g/mol. The number of carbonyl (C=O) groups is 2. The second-order valence-corrected chi connectivity index (χ2v) is 4.52. The second-order valence-electron chi connectivity index (χ2n) is 4.52. The van der Waals surface area contributed by atoms with Crippen molar-refractivity contribution in [1.29, 1.82) is 0 Å². The van der Waals surface area contributed by atoms with Crippen molar-refractivity contribution in [2.75, 3.05) is 26.5 Å². The Hall–Kier alpha value is -2.64. The number of carbonyl (C=O) groups excluding carboxylic acids is 2. The fourth-order valence-electron chi connectivity index (χ4n) is 1.67. The predicted octanol–water partition coefficient (Wildman–Crippen LogP) is 1.27. The average Bonchev–Trinajstić information content (AvgIpc) is 2.45. The van der Waals surface area contributed by atoms with Crippen LogP contribution in [0.25, 0.3) is 0 Å². The van der Waals surface area contributed by atoms with Crippen LogP contribution in [0.1, 0.15) is 17.3 Å². The highest BCUT2D eigenvalue weighted by Gasteiger charge is 2.23. The minimum atomic E-state index is -0.975. The maximum Gasteiger partial charge on any atom is 0.341 e. The third kappa shape index (κ3) is 3.91. The number of nitrogens with one attached hydrogen (secondary N) is 1.